The molecule has 75 heavy (non-hydrogen) atoms. The number of thiophene rings is 1. The van der Waals surface area contributed by atoms with E-state index in [9.17, 15) is 0 Å². The Morgan fingerprint density at radius 3 is 1.87 bits per heavy atom. The number of unbranched alkanes of at least 4 members (excludes halogenated alkanes) is 1. The lowest BCUT2D eigenvalue weighted by Gasteiger charge is -2.46. The van der Waals surface area contributed by atoms with E-state index in [0.29, 0.717) is 0 Å². The first kappa shape index (κ1) is 46.7. The van der Waals surface area contributed by atoms with E-state index in [1.165, 1.54) is 121 Å². The molecule has 2 aromatic heterocycles. The second kappa shape index (κ2) is 16.6. The maximum atomic E-state index is 7.80. The number of hydrogen-bond acceptors (Lipinski definition) is 4. The Hall–Kier alpha value is -6.82. The highest BCUT2D eigenvalue weighted by Gasteiger charge is 2.51. The minimum Gasteiger partial charge on any atom is -0.440 e. The fraction of sp³-hybridized carbons (Fsp3) is 0.286. The standard InChI is InChI=1S/C70H67BN2OS/c1-10-11-20-43-27-31-56(49(37-43)45-23-16-13-17-24-45)72-58-42-61-62(48-25-18-19-26-60(48)75-61)63-50-38-46(44-21-14-12-15-22-44)28-32-57(50)73(47-29-30-52-53(39-47)68(4,5)34-33-67(52,2)3)71(65(58)63)64-51-40-54-55(41-59(51)74-66(64)72)70(8,9)36-35-69(54,6)7/h12-19,21-32,37-42H,10-11,20,33-36H2,1-9H3. The molecule has 2 aliphatic carbocycles. The third kappa shape index (κ3) is 7.05. The average molecular weight is 995 g/mol. The van der Waals surface area contributed by atoms with Crippen LogP contribution in [0.4, 0.5) is 28.6 Å². The van der Waals surface area contributed by atoms with Crippen molar-refractivity contribution < 1.29 is 4.42 Å². The maximum Gasteiger partial charge on any atom is 0.337 e. The normalized spacial score (nSPS) is 17.4. The zero-order chi connectivity index (χ0) is 51.3. The lowest BCUT2D eigenvalue weighted by Crippen LogP contribution is -2.61. The Kier molecular flexibility index (Phi) is 10.3. The van der Waals surface area contributed by atoms with Crippen LogP contribution in [0.15, 0.2) is 162 Å². The molecule has 0 bridgehead atoms. The lowest BCUT2D eigenvalue weighted by molar-refractivity contribution is 0.332. The summed E-state index contributed by atoms with van der Waals surface area (Å²) in [5.74, 6) is 0.916. The van der Waals surface area contributed by atoms with Crippen molar-refractivity contribution in [3.05, 3.63) is 186 Å². The molecule has 14 rings (SSSR count). The summed E-state index contributed by atoms with van der Waals surface area (Å²) in [5.41, 5.74) is 23.1. The highest BCUT2D eigenvalue weighted by Crippen LogP contribution is 2.56. The van der Waals surface area contributed by atoms with Gasteiger partial charge in [-0.2, -0.15) is 0 Å². The van der Waals surface area contributed by atoms with Crippen molar-refractivity contribution in [2.45, 2.75) is 129 Å². The van der Waals surface area contributed by atoms with Gasteiger partial charge in [0, 0.05) is 59.2 Å². The first-order valence-electron chi connectivity index (χ1n) is 27.8. The largest absolute Gasteiger partial charge is 0.440 e. The summed E-state index contributed by atoms with van der Waals surface area (Å²) in [6.45, 7) is 21.7. The Morgan fingerprint density at radius 2 is 1.15 bits per heavy atom. The number of nitrogens with zero attached hydrogens (tertiary/aromatic N) is 2. The maximum absolute atomic E-state index is 7.80. The molecule has 372 valence electrons. The van der Waals surface area contributed by atoms with Gasteiger partial charge in [0.25, 0.3) is 0 Å². The van der Waals surface area contributed by atoms with E-state index in [2.05, 4.69) is 230 Å². The fourth-order valence-corrected chi connectivity index (χ4v) is 15.2. The van der Waals surface area contributed by atoms with Gasteiger partial charge in [-0.1, -0.05) is 166 Å². The van der Waals surface area contributed by atoms with Crippen LogP contribution in [0.2, 0.25) is 0 Å². The summed E-state index contributed by atoms with van der Waals surface area (Å²) in [5, 5.41) is 3.87. The molecule has 10 aromatic rings. The van der Waals surface area contributed by atoms with E-state index in [4.69, 9.17) is 4.42 Å². The topological polar surface area (TPSA) is 19.6 Å². The molecule has 0 N–H and O–H groups in total. The van der Waals surface area contributed by atoms with Crippen molar-refractivity contribution in [1.29, 1.82) is 0 Å². The molecule has 0 spiro atoms. The molecule has 4 aliphatic rings. The molecule has 0 fully saturated rings. The van der Waals surface area contributed by atoms with Gasteiger partial charge in [-0.25, -0.2) is 0 Å². The number of furan rings is 1. The first-order chi connectivity index (χ1) is 36.1. The van der Waals surface area contributed by atoms with Crippen molar-refractivity contribution in [2.75, 3.05) is 9.71 Å². The van der Waals surface area contributed by atoms with Gasteiger partial charge >= 0.3 is 6.85 Å². The molecule has 3 nitrogen and oxygen atoms in total. The molecule has 0 radical (unpaired) electrons. The zero-order valence-electron chi connectivity index (χ0n) is 45.2. The van der Waals surface area contributed by atoms with E-state index >= 15 is 0 Å². The van der Waals surface area contributed by atoms with E-state index in [-0.39, 0.29) is 28.5 Å². The number of anilines is 5. The van der Waals surface area contributed by atoms with Crippen LogP contribution >= 0.6 is 11.3 Å². The highest BCUT2D eigenvalue weighted by atomic mass is 32.1. The highest BCUT2D eigenvalue weighted by molar-refractivity contribution is 7.26. The average Bonchev–Trinajstić information content (AvgIpc) is 4.22. The predicted octanol–water partition coefficient (Wildman–Crippen LogP) is 18.9. The van der Waals surface area contributed by atoms with Crippen LogP contribution in [0.5, 0.6) is 0 Å². The quantitative estimate of drug-likeness (QED) is 0.148. The first-order valence-corrected chi connectivity index (χ1v) is 28.7. The molecule has 0 amide bonds. The van der Waals surface area contributed by atoms with Crippen LogP contribution in [-0.4, -0.2) is 6.85 Å². The van der Waals surface area contributed by atoms with E-state index < -0.39 is 0 Å². The second-order valence-electron chi connectivity index (χ2n) is 25.2. The van der Waals surface area contributed by atoms with Crippen LogP contribution < -0.4 is 20.6 Å². The summed E-state index contributed by atoms with van der Waals surface area (Å²) >= 11 is 1.92. The Morgan fingerprint density at radius 1 is 0.507 bits per heavy atom. The van der Waals surface area contributed by atoms with Crippen LogP contribution in [0, 0.1) is 0 Å². The van der Waals surface area contributed by atoms with Crippen molar-refractivity contribution in [2.24, 2.45) is 0 Å². The molecule has 0 saturated carbocycles. The van der Waals surface area contributed by atoms with Gasteiger partial charge in [0.1, 0.15) is 5.58 Å². The van der Waals surface area contributed by atoms with E-state index in [1.54, 1.807) is 0 Å². The molecule has 5 heteroatoms. The van der Waals surface area contributed by atoms with Gasteiger partial charge in [0.15, 0.2) is 0 Å². The van der Waals surface area contributed by atoms with Crippen molar-refractivity contribution in [3.8, 4) is 33.4 Å². The number of rotatable bonds is 7. The molecular weight excluding hydrogens is 928 g/mol. The van der Waals surface area contributed by atoms with Gasteiger partial charge in [-0.3, -0.25) is 4.90 Å². The minimum atomic E-state index is -0.222. The van der Waals surface area contributed by atoms with Crippen LogP contribution in [-0.2, 0) is 28.1 Å². The molecule has 0 saturated heterocycles. The van der Waals surface area contributed by atoms with Crippen molar-refractivity contribution in [3.63, 3.8) is 0 Å². The van der Waals surface area contributed by atoms with Gasteiger partial charge in [-0.15, -0.1) is 11.3 Å². The third-order valence-electron chi connectivity index (χ3n) is 18.6. The van der Waals surface area contributed by atoms with Gasteiger partial charge in [-0.05, 0) is 176 Å². The third-order valence-corrected chi connectivity index (χ3v) is 19.7. The lowest BCUT2D eigenvalue weighted by atomic mass is 9.43. The Labute approximate surface area is 448 Å². The van der Waals surface area contributed by atoms with Gasteiger partial charge < -0.3 is 9.23 Å². The van der Waals surface area contributed by atoms with Crippen molar-refractivity contribution in [1.82, 2.24) is 0 Å². The molecule has 0 unspecified atom stereocenters. The van der Waals surface area contributed by atoms with Crippen LogP contribution in [0.25, 0.3) is 64.5 Å². The molecule has 4 heterocycles. The second-order valence-corrected chi connectivity index (χ2v) is 26.2. The summed E-state index contributed by atoms with van der Waals surface area (Å²) in [7, 11) is 0. The van der Waals surface area contributed by atoms with E-state index in [1.807, 2.05) is 11.3 Å². The summed E-state index contributed by atoms with van der Waals surface area (Å²) in [4.78, 5) is 5.32. The van der Waals surface area contributed by atoms with Crippen LogP contribution in [0.3, 0.4) is 0 Å². The Balaban J connectivity index is 1.17. The smallest absolute Gasteiger partial charge is 0.337 e. The number of benzene rings is 8. The number of hydrogen-bond donors (Lipinski definition) is 0. The zero-order valence-corrected chi connectivity index (χ0v) is 46.1. The van der Waals surface area contributed by atoms with E-state index in [0.717, 1.165) is 55.7 Å². The minimum absolute atomic E-state index is 0.000737. The molecule has 2 aliphatic heterocycles. The summed E-state index contributed by atoms with van der Waals surface area (Å²) < 4.78 is 10.4. The summed E-state index contributed by atoms with van der Waals surface area (Å²) in [6, 6.07) is 61.0. The van der Waals surface area contributed by atoms with Crippen LogP contribution in [0.1, 0.15) is 129 Å². The molecular formula is C70H67BN2OS. The summed E-state index contributed by atoms with van der Waals surface area (Å²) in [6.07, 6.45) is 7.94. The van der Waals surface area contributed by atoms with Crippen molar-refractivity contribution >= 4 is 88.9 Å². The van der Waals surface area contributed by atoms with Gasteiger partial charge in [0.2, 0.25) is 5.88 Å². The molecule has 8 aromatic carbocycles. The SMILES string of the molecule is CCCCc1ccc(N2c3cc4sc5ccccc5c4c4c3B(c3c2oc2cc5c(cc32)C(C)(C)CCC5(C)C)N(c2ccc3c(c2)C(C)(C)CCC3(C)C)c2ccc(-c3ccccc3)cc2-4)c(-c2ccccc2)c1. The predicted molar refractivity (Wildman–Crippen MR) is 323 cm³/mol. The monoisotopic (exact) mass is 995 g/mol. The Bertz CT molecular complexity index is 3970. The van der Waals surface area contributed by atoms with Gasteiger partial charge in [0.05, 0.1) is 5.69 Å². The molecule has 0 atom stereocenters. The number of fused-ring (bicyclic) bond motifs is 12. The number of aryl methyl sites for hydroxylation is 1. The fourth-order valence-electron chi connectivity index (χ4n) is 14.0.